The molecule has 1 amide bonds. The summed E-state index contributed by atoms with van der Waals surface area (Å²) in [6.07, 6.45) is 1.50. The highest BCUT2D eigenvalue weighted by Gasteiger charge is 2.41. The van der Waals surface area contributed by atoms with Gasteiger partial charge < -0.3 is 15.4 Å². The number of nitrogens with two attached hydrogens (primary N) is 1. The first-order valence-electron chi connectivity index (χ1n) is 9.19. The van der Waals surface area contributed by atoms with E-state index < -0.39 is 0 Å². The van der Waals surface area contributed by atoms with Gasteiger partial charge in [-0.1, -0.05) is 60.8 Å². The fourth-order valence-corrected chi connectivity index (χ4v) is 3.94. The van der Waals surface area contributed by atoms with Crippen molar-refractivity contribution in [3.63, 3.8) is 0 Å². The monoisotopic (exact) mass is 406 g/mol. The first kappa shape index (κ1) is 20.2. The summed E-state index contributed by atoms with van der Waals surface area (Å²) in [5.41, 5.74) is 8.00. The van der Waals surface area contributed by atoms with Crippen LogP contribution in [0.1, 0.15) is 43.0 Å². The molecule has 27 heavy (non-hydrogen) atoms. The van der Waals surface area contributed by atoms with Crippen molar-refractivity contribution in [2.75, 3.05) is 13.2 Å². The summed E-state index contributed by atoms with van der Waals surface area (Å²) < 4.78 is 6.01. The molecule has 0 bridgehead atoms. The van der Waals surface area contributed by atoms with Gasteiger partial charge in [-0.15, -0.1) is 0 Å². The molecule has 2 aromatic carbocycles. The van der Waals surface area contributed by atoms with Crippen molar-refractivity contribution in [3.8, 4) is 0 Å². The molecule has 0 aromatic heterocycles. The second-order valence-corrected chi connectivity index (χ2v) is 7.63. The van der Waals surface area contributed by atoms with Crippen LogP contribution in [-0.4, -0.2) is 30.0 Å². The van der Waals surface area contributed by atoms with E-state index in [1.54, 1.807) is 0 Å². The number of carbonyl (C=O) groups excluding carboxylic acids is 1. The Kier molecular flexibility index (Phi) is 6.77. The molecule has 1 aliphatic rings. The number of morpholine rings is 1. The van der Waals surface area contributed by atoms with Crippen molar-refractivity contribution in [1.82, 2.24) is 4.90 Å². The predicted molar refractivity (Wildman–Crippen MR) is 109 cm³/mol. The van der Waals surface area contributed by atoms with Crippen molar-refractivity contribution >= 4 is 29.1 Å². The van der Waals surface area contributed by atoms with Gasteiger partial charge in [0.2, 0.25) is 5.91 Å². The van der Waals surface area contributed by atoms with E-state index in [2.05, 4.69) is 6.92 Å². The topological polar surface area (TPSA) is 55.6 Å². The number of hydrogen-bond donors (Lipinski definition) is 1. The van der Waals surface area contributed by atoms with E-state index in [0.29, 0.717) is 16.6 Å². The van der Waals surface area contributed by atoms with Crippen LogP contribution >= 0.6 is 23.2 Å². The largest absolute Gasteiger partial charge is 0.361 e. The van der Waals surface area contributed by atoms with Gasteiger partial charge in [-0.05, 0) is 41.8 Å². The van der Waals surface area contributed by atoms with Gasteiger partial charge in [0.1, 0.15) is 12.7 Å². The zero-order chi connectivity index (χ0) is 19.4. The van der Waals surface area contributed by atoms with Crippen LogP contribution in [0, 0.1) is 0 Å². The van der Waals surface area contributed by atoms with Crippen LogP contribution in [0.15, 0.2) is 48.5 Å². The molecule has 6 heteroatoms. The maximum absolute atomic E-state index is 12.8. The fourth-order valence-electron chi connectivity index (χ4n) is 3.69. The zero-order valence-corrected chi connectivity index (χ0v) is 16.8. The van der Waals surface area contributed by atoms with Gasteiger partial charge in [-0.3, -0.25) is 4.79 Å². The van der Waals surface area contributed by atoms with Crippen molar-refractivity contribution in [2.45, 2.75) is 38.0 Å². The highest BCUT2D eigenvalue weighted by Crippen LogP contribution is 2.42. The molecular formula is C21H24Cl2N2O2. The van der Waals surface area contributed by atoms with E-state index in [4.69, 9.17) is 33.7 Å². The van der Waals surface area contributed by atoms with Crippen molar-refractivity contribution < 1.29 is 9.53 Å². The van der Waals surface area contributed by atoms with E-state index in [1.165, 1.54) is 0 Å². The molecule has 1 fully saturated rings. The first-order chi connectivity index (χ1) is 13.0. The van der Waals surface area contributed by atoms with Gasteiger partial charge in [-0.25, -0.2) is 0 Å². The number of nitrogens with zero attached hydrogens (tertiary/aromatic N) is 1. The highest BCUT2D eigenvalue weighted by molar-refractivity contribution is 6.30. The summed E-state index contributed by atoms with van der Waals surface area (Å²) in [4.78, 5) is 14.8. The Morgan fingerprint density at radius 1 is 1.07 bits per heavy atom. The van der Waals surface area contributed by atoms with Gasteiger partial charge in [0.25, 0.3) is 0 Å². The molecule has 2 N–H and O–H groups in total. The van der Waals surface area contributed by atoms with Crippen LogP contribution in [0.4, 0.5) is 0 Å². The number of benzene rings is 2. The maximum Gasteiger partial charge on any atom is 0.249 e. The lowest BCUT2D eigenvalue weighted by Crippen LogP contribution is -2.53. The molecule has 2 aromatic rings. The molecule has 3 atom stereocenters. The quantitative estimate of drug-likeness (QED) is 0.751. The second-order valence-electron chi connectivity index (χ2n) is 6.76. The van der Waals surface area contributed by atoms with Gasteiger partial charge in [0.15, 0.2) is 0 Å². The maximum atomic E-state index is 12.8. The first-order valence-corrected chi connectivity index (χ1v) is 9.94. The lowest BCUT2D eigenvalue weighted by molar-refractivity contribution is -0.163. The summed E-state index contributed by atoms with van der Waals surface area (Å²) in [7, 11) is 0. The number of carbonyl (C=O) groups is 1. The number of halogens is 2. The molecular weight excluding hydrogens is 383 g/mol. The smallest absolute Gasteiger partial charge is 0.249 e. The minimum absolute atomic E-state index is 0.0379. The standard InChI is InChI=1S/C21H24Cl2N2O2/c1-2-3-18(12-24)25-19(26)13-27-21(15-6-10-17(23)11-7-15)20(25)14-4-8-16(22)9-5-14/h4-11,18,20-21H,2-3,12-13,24H2,1H3/t18-,20+,21-/m1/s1. The Morgan fingerprint density at radius 3 is 2.15 bits per heavy atom. The summed E-state index contributed by atoms with van der Waals surface area (Å²) in [5.74, 6) is -0.0379. The molecule has 0 spiro atoms. The van der Waals surface area contributed by atoms with Crippen LogP contribution in [0.3, 0.4) is 0 Å². The van der Waals surface area contributed by atoms with Crippen LogP contribution in [0.25, 0.3) is 0 Å². The number of rotatable bonds is 6. The Bertz CT molecular complexity index is 765. The third-order valence-electron chi connectivity index (χ3n) is 4.96. The SMILES string of the molecule is CCC[C@H](CN)N1C(=O)CO[C@H](c2ccc(Cl)cc2)[C@@H]1c1ccc(Cl)cc1. The minimum Gasteiger partial charge on any atom is -0.361 e. The Hall–Kier alpha value is -1.59. The van der Waals surface area contributed by atoms with Gasteiger partial charge in [0.05, 0.1) is 6.04 Å². The van der Waals surface area contributed by atoms with Crippen LogP contribution in [0.5, 0.6) is 0 Å². The summed E-state index contributed by atoms with van der Waals surface area (Å²) in [6.45, 7) is 2.55. The molecule has 0 unspecified atom stereocenters. The predicted octanol–water partition coefficient (Wildman–Crippen LogP) is 4.76. The number of hydrogen-bond acceptors (Lipinski definition) is 3. The Balaban J connectivity index is 2.07. The van der Waals surface area contributed by atoms with Gasteiger partial charge >= 0.3 is 0 Å². The highest BCUT2D eigenvalue weighted by atomic mass is 35.5. The van der Waals surface area contributed by atoms with Crippen LogP contribution in [0.2, 0.25) is 10.0 Å². The summed E-state index contributed by atoms with van der Waals surface area (Å²) >= 11 is 12.1. The van der Waals surface area contributed by atoms with Gasteiger partial charge in [0, 0.05) is 22.6 Å². The third kappa shape index (κ3) is 4.46. The summed E-state index contributed by atoms with van der Waals surface area (Å²) in [6, 6.07) is 14.8. The van der Waals surface area contributed by atoms with Gasteiger partial charge in [-0.2, -0.15) is 0 Å². The Morgan fingerprint density at radius 2 is 1.63 bits per heavy atom. The van der Waals surface area contributed by atoms with E-state index in [9.17, 15) is 4.79 Å². The third-order valence-corrected chi connectivity index (χ3v) is 5.46. The van der Waals surface area contributed by atoms with E-state index >= 15 is 0 Å². The normalized spacial score (nSPS) is 21.3. The zero-order valence-electron chi connectivity index (χ0n) is 15.3. The second kappa shape index (κ2) is 9.07. The molecule has 0 aliphatic carbocycles. The average Bonchev–Trinajstić information content (AvgIpc) is 2.68. The van der Waals surface area contributed by atoms with Crippen molar-refractivity contribution in [1.29, 1.82) is 0 Å². The van der Waals surface area contributed by atoms with Crippen molar-refractivity contribution in [3.05, 3.63) is 69.7 Å². The number of ether oxygens (including phenoxy) is 1. The van der Waals surface area contributed by atoms with Crippen molar-refractivity contribution in [2.24, 2.45) is 5.73 Å². The fraction of sp³-hybridized carbons (Fsp3) is 0.381. The van der Waals surface area contributed by atoms with Crippen LogP contribution < -0.4 is 5.73 Å². The van der Waals surface area contributed by atoms with E-state index in [1.807, 2.05) is 53.4 Å². The number of amides is 1. The Labute approximate surface area is 170 Å². The van der Waals surface area contributed by atoms with E-state index in [-0.39, 0.29) is 30.7 Å². The molecule has 0 saturated carbocycles. The molecule has 3 rings (SSSR count). The van der Waals surface area contributed by atoms with E-state index in [0.717, 1.165) is 24.0 Å². The molecule has 1 heterocycles. The molecule has 144 valence electrons. The lowest BCUT2D eigenvalue weighted by atomic mass is 9.91. The van der Waals surface area contributed by atoms with Crippen LogP contribution in [-0.2, 0) is 9.53 Å². The molecule has 0 radical (unpaired) electrons. The molecule has 1 saturated heterocycles. The average molecular weight is 407 g/mol. The lowest BCUT2D eigenvalue weighted by Gasteiger charge is -2.45. The minimum atomic E-state index is -0.299. The molecule has 4 nitrogen and oxygen atoms in total. The summed E-state index contributed by atoms with van der Waals surface area (Å²) in [5, 5.41) is 1.32. The molecule has 1 aliphatic heterocycles.